The predicted molar refractivity (Wildman–Crippen MR) is 72.1 cm³/mol. The summed E-state index contributed by atoms with van der Waals surface area (Å²) in [5, 5.41) is 2.95. The Morgan fingerprint density at radius 3 is 2.67 bits per heavy atom. The highest BCUT2D eigenvalue weighted by molar-refractivity contribution is 5.89. The highest BCUT2D eigenvalue weighted by Gasteiger charge is 2.35. The van der Waals surface area contributed by atoms with Crippen molar-refractivity contribution in [2.45, 2.75) is 58.9 Å². The van der Waals surface area contributed by atoms with Gasteiger partial charge >= 0.3 is 0 Å². The van der Waals surface area contributed by atoms with Crippen LogP contribution in [0.15, 0.2) is 0 Å². The third kappa shape index (κ3) is 4.31. The van der Waals surface area contributed by atoms with Crippen LogP contribution in [0.5, 0.6) is 0 Å². The quantitative estimate of drug-likeness (QED) is 0.706. The van der Waals surface area contributed by atoms with Gasteiger partial charge in [-0.3, -0.25) is 9.59 Å². The molecule has 0 bridgehead atoms. The van der Waals surface area contributed by atoms with Crippen molar-refractivity contribution >= 4 is 11.8 Å². The molecule has 1 atom stereocenters. The first-order chi connectivity index (χ1) is 8.56. The van der Waals surface area contributed by atoms with E-state index in [2.05, 4.69) is 12.2 Å². The Bertz CT molecular complexity index is 290. The molecule has 1 aliphatic rings. The van der Waals surface area contributed by atoms with Gasteiger partial charge in [0.15, 0.2) is 0 Å². The first-order valence-corrected chi connectivity index (χ1v) is 7.13. The molecule has 0 aromatic rings. The van der Waals surface area contributed by atoms with Gasteiger partial charge in [0.05, 0.1) is 5.92 Å². The fourth-order valence-corrected chi connectivity index (χ4v) is 2.31. The van der Waals surface area contributed by atoms with Gasteiger partial charge in [-0.2, -0.15) is 0 Å². The van der Waals surface area contributed by atoms with Gasteiger partial charge in [-0.15, -0.1) is 0 Å². The average molecular weight is 254 g/mol. The topological polar surface area (TPSA) is 49.4 Å². The van der Waals surface area contributed by atoms with Gasteiger partial charge < -0.3 is 10.2 Å². The number of rotatable bonds is 7. The minimum atomic E-state index is -0.147. The number of nitrogens with one attached hydrogen (secondary N) is 1. The number of hydrogen-bond donors (Lipinski definition) is 1. The van der Waals surface area contributed by atoms with Gasteiger partial charge in [-0.05, 0) is 20.3 Å². The molecule has 1 aliphatic heterocycles. The minimum absolute atomic E-state index is 0.0444. The zero-order chi connectivity index (χ0) is 13.5. The van der Waals surface area contributed by atoms with Crippen LogP contribution in [0.3, 0.4) is 0 Å². The monoisotopic (exact) mass is 254 g/mol. The second-order valence-corrected chi connectivity index (χ2v) is 5.39. The average Bonchev–Trinajstić information content (AvgIpc) is 2.71. The summed E-state index contributed by atoms with van der Waals surface area (Å²) in [6.45, 7) is 7.47. The van der Waals surface area contributed by atoms with E-state index in [1.54, 1.807) is 4.90 Å². The number of hydrogen-bond acceptors (Lipinski definition) is 2. The summed E-state index contributed by atoms with van der Waals surface area (Å²) in [4.78, 5) is 25.4. The Labute approximate surface area is 110 Å². The van der Waals surface area contributed by atoms with Gasteiger partial charge in [-0.1, -0.05) is 26.2 Å². The summed E-state index contributed by atoms with van der Waals surface area (Å²) < 4.78 is 0. The molecular formula is C14H26N2O2. The van der Waals surface area contributed by atoms with E-state index in [9.17, 15) is 9.59 Å². The first-order valence-electron chi connectivity index (χ1n) is 7.13. The molecule has 1 heterocycles. The smallest absolute Gasteiger partial charge is 0.225 e. The van der Waals surface area contributed by atoms with Crippen LogP contribution in [0.25, 0.3) is 0 Å². The summed E-state index contributed by atoms with van der Waals surface area (Å²) in [6.07, 6.45) is 5.00. The Morgan fingerprint density at radius 2 is 2.11 bits per heavy atom. The molecule has 0 radical (unpaired) electrons. The van der Waals surface area contributed by atoms with Gasteiger partial charge in [0.25, 0.3) is 0 Å². The lowest BCUT2D eigenvalue weighted by atomic mass is 10.1. The zero-order valence-electron chi connectivity index (χ0n) is 11.9. The number of unbranched alkanes of at least 4 members (excludes halogenated alkanes) is 3. The van der Waals surface area contributed by atoms with Gasteiger partial charge in [0, 0.05) is 25.6 Å². The standard InChI is InChI=1S/C14H26N2O2/c1-4-5-6-7-8-15-14(18)12-9-13(17)16(10-12)11(2)3/h11-12H,4-10H2,1-3H3,(H,15,18)/t12-/m0/s1. The largest absolute Gasteiger partial charge is 0.356 e. The highest BCUT2D eigenvalue weighted by Crippen LogP contribution is 2.20. The van der Waals surface area contributed by atoms with E-state index >= 15 is 0 Å². The van der Waals surface area contributed by atoms with Crippen LogP contribution in [0.1, 0.15) is 52.9 Å². The normalized spacial score (nSPS) is 19.7. The number of carbonyl (C=O) groups is 2. The van der Waals surface area contributed by atoms with E-state index in [1.165, 1.54) is 19.3 Å². The highest BCUT2D eigenvalue weighted by atomic mass is 16.2. The van der Waals surface area contributed by atoms with Crippen molar-refractivity contribution in [1.29, 1.82) is 0 Å². The number of likely N-dealkylation sites (tertiary alicyclic amines) is 1. The van der Waals surface area contributed by atoms with Crippen molar-refractivity contribution in [2.75, 3.05) is 13.1 Å². The van der Waals surface area contributed by atoms with Crippen LogP contribution >= 0.6 is 0 Å². The molecule has 2 amide bonds. The van der Waals surface area contributed by atoms with E-state index in [1.807, 2.05) is 13.8 Å². The second kappa shape index (κ2) is 7.39. The maximum Gasteiger partial charge on any atom is 0.225 e. The first kappa shape index (κ1) is 15.0. The number of carbonyl (C=O) groups excluding carboxylic acids is 2. The molecule has 0 aromatic carbocycles. The molecule has 0 spiro atoms. The van der Waals surface area contributed by atoms with E-state index < -0.39 is 0 Å². The third-order valence-electron chi connectivity index (χ3n) is 3.48. The van der Waals surface area contributed by atoms with E-state index in [4.69, 9.17) is 0 Å². The van der Waals surface area contributed by atoms with Crippen LogP contribution in [0.2, 0.25) is 0 Å². The fourth-order valence-electron chi connectivity index (χ4n) is 2.31. The summed E-state index contributed by atoms with van der Waals surface area (Å²) >= 11 is 0. The summed E-state index contributed by atoms with van der Waals surface area (Å²) in [7, 11) is 0. The lowest BCUT2D eigenvalue weighted by Crippen LogP contribution is -2.35. The minimum Gasteiger partial charge on any atom is -0.356 e. The summed E-state index contributed by atoms with van der Waals surface area (Å²) in [5.74, 6) is 0.00482. The van der Waals surface area contributed by atoms with Crippen molar-refractivity contribution in [3.05, 3.63) is 0 Å². The molecule has 4 heteroatoms. The second-order valence-electron chi connectivity index (χ2n) is 5.39. The van der Waals surface area contributed by atoms with Gasteiger partial charge in [0.2, 0.25) is 11.8 Å². The predicted octanol–water partition coefficient (Wildman–Crippen LogP) is 1.94. The Kier molecular flexibility index (Phi) is 6.16. The Morgan fingerprint density at radius 1 is 1.39 bits per heavy atom. The molecule has 18 heavy (non-hydrogen) atoms. The Balaban J connectivity index is 2.25. The van der Waals surface area contributed by atoms with E-state index in [0.717, 1.165) is 13.0 Å². The molecule has 0 unspecified atom stereocenters. The SMILES string of the molecule is CCCCCCNC(=O)[C@H]1CC(=O)N(C(C)C)C1. The molecule has 1 N–H and O–H groups in total. The van der Waals surface area contributed by atoms with Crippen molar-refractivity contribution in [3.8, 4) is 0 Å². The maximum atomic E-state index is 11.9. The molecule has 0 saturated carbocycles. The van der Waals surface area contributed by atoms with Crippen LogP contribution in [-0.4, -0.2) is 35.8 Å². The van der Waals surface area contributed by atoms with Crippen LogP contribution in [-0.2, 0) is 9.59 Å². The van der Waals surface area contributed by atoms with Crippen LogP contribution in [0.4, 0.5) is 0 Å². The molecule has 1 rings (SSSR count). The van der Waals surface area contributed by atoms with Gasteiger partial charge in [0.1, 0.15) is 0 Å². The summed E-state index contributed by atoms with van der Waals surface area (Å²) in [6, 6.07) is 0.194. The summed E-state index contributed by atoms with van der Waals surface area (Å²) in [5.41, 5.74) is 0. The maximum absolute atomic E-state index is 11.9. The lowest BCUT2D eigenvalue weighted by Gasteiger charge is -2.20. The molecule has 104 valence electrons. The lowest BCUT2D eigenvalue weighted by molar-refractivity contribution is -0.129. The molecule has 1 fully saturated rings. The molecule has 1 saturated heterocycles. The van der Waals surface area contributed by atoms with Gasteiger partial charge in [-0.25, -0.2) is 0 Å². The molecule has 4 nitrogen and oxygen atoms in total. The van der Waals surface area contributed by atoms with Crippen molar-refractivity contribution < 1.29 is 9.59 Å². The number of amides is 2. The van der Waals surface area contributed by atoms with Crippen LogP contribution in [0, 0.1) is 5.92 Å². The van der Waals surface area contributed by atoms with E-state index in [0.29, 0.717) is 13.0 Å². The van der Waals surface area contributed by atoms with E-state index in [-0.39, 0.29) is 23.8 Å². The van der Waals surface area contributed by atoms with Crippen molar-refractivity contribution in [3.63, 3.8) is 0 Å². The molecular weight excluding hydrogens is 228 g/mol. The third-order valence-corrected chi connectivity index (χ3v) is 3.48. The van der Waals surface area contributed by atoms with Crippen molar-refractivity contribution in [2.24, 2.45) is 5.92 Å². The fraction of sp³-hybridized carbons (Fsp3) is 0.857. The molecule has 0 aliphatic carbocycles. The Hall–Kier alpha value is -1.06. The van der Waals surface area contributed by atoms with Crippen molar-refractivity contribution in [1.82, 2.24) is 10.2 Å². The van der Waals surface area contributed by atoms with Crippen LogP contribution < -0.4 is 5.32 Å². The number of nitrogens with zero attached hydrogens (tertiary/aromatic N) is 1. The zero-order valence-corrected chi connectivity index (χ0v) is 11.9. The molecule has 0 aromatic heterocycles.